The van der Waals surface area contributed by atoms with Crippen LogP contribution in [-0.2, 0) is 0 Å². The molecule has 0 aromatic carbocycles. The number of rotatable bonds is 2. The molecule has 74 valence electrons. The van der Waals surface area contributed by atoms with Crippen LogP contribution in [0, 0.1) is 17.3 Å². The van der Waals surface area contributed by atoms with E-state index in [2.05, 4.69) is 46.4 Å². The zero-order chi connectivity index (χ0) is 10.1. The van der Waals surface area contributed by atoms with Crippen LogP contribution in [0.3, 0.4) is 0 Å². The van der Waals surface area contributed by atoms with Gasteiger partial charge in [0, 0.05) is 0 Å². The van der Waals surface area contributed by atoms with Gasteiger partial charge < -0.3 is 0 Å². The molecule has 0 bridgehead atoms. The summed E-state index contributed by atoms with van der Waals surface area (Å²) in [7, 11) is 0. The van der Waals surface area contributed by atoms with E-state index in [-0.39, 0.29) is 0 Å². The largest absolute Gasteiger partial charge is 0.0996 e. The van der Waals surface area contributed by atoms with E-state index < -0.39 is 0 Å². The third-order valence-electron chi connectivity index (χ3n) is 3.59. The van der Waals surface area contributed by atoms with Gasteiger partial charge in [-0.1, -0.05) is 45.1 Å². The molecule has 0 nitrogen and oxygen atoms in total. The van der Waals surface area contributed by atoms with Crippen molar-refractivity contribution in [3.8, 4) is 0 Å². The van der Waals surface area contributed by atoms with Crippen molar-refractivity contribution >= 4 is 0 Å². The van der Waals surface area contributed by atoms with Gasteiger partial charge in [-0.3, -0.25) is 0 Å². The van der Waals surface area contributed by atoms with Gasteiger partial charge in [-0.2, -0.15) is 0 Å². The van der Waals surface area contributed by atoms with Gasteiger partial charge in [0.05, 0.1) is 0 Å². The van der Waals surface area contributed by atoms with Gasteiger partial charge in [-0.25, -0.2) is 0 Å². The topological polar surface area (TPSA) is 0 Å². The third-order valence-corrected chi connectivity index (χ3v) is 3.59. The van der Waals surface area contributed by atoms with Crippen LogP contribution < -0.4 is 0 Å². The quantitative estimate of drug-likeness (QED) is 0.556. The van der Waals surface area contributed by atoms with Crippen LogP contribution in [0.5, 0.6) is 0 Å². The van der Waals surface area contributed by atoms with Gasteiger partial charge >= 0.3 is 0 Å². The molecule has 13 heavy (non-hydrogen) atoms. The van der Waals surface area contributed by atoms with E-state index in [0.717, 1.165) is 0 Å². The smallest absolute Gasteiger partial charge is 0.00306 e. The van der Waals surface area contributed by atoms with Crippen LogP contribution in [0.2, 0.25) is 0 Å². The summed E-state index contributed by atoms with van der Waals surface area (Å²) in [6.45, 7) is 13.3. The molecule has 2 atom stereocenters. The van der Waals surface area contributed by atoms with Crippen molar-refractivity contribution in [1.29, 1.82) is 0 Å². The summed E-state index contributed by atoms with van der Waals surface area (Å²) in [5.41, 5.74) is 1.73. The Labute approximate surface area is 82.7 Å². The first-order valence-electron chi connectivity index (χ1n) is 5.31. The highest BCUT2D eigenvalue weighted by molar-refractivity contribution is 5.16. The van der Waals surface area contributed by atoms with Crippen molar-refractivity contribution in [2.45, 2.75) is 40.5 Å². The fourth-order valence-corrected chi connectivity index (χ4v) is 2.55. The zero-order valence-corrected chi connectivity index (χ0v) is 9.43. The predicted molar refractivity (Wildman–Crippen MR) is 59.6 cm³/mol. The van der Waals surface area contributed by atoms with Crippen molar-refractivity contribution in [3.63, 3.8) is 0 Å². The summed E-state index contributed by atoms with van der Waals surface area (Å²) in [6.07, 6.45) is 7.13. The van der Waals surface area contributed by atoms with Crippen molar-refractivity contribution in [3.05, 3.63) is 24.3 Å². The molecule has 0 fully saturated rings. The highest BCUT2D eigenvalue weighted by atomic mass is 14.4. The molecule has 0 saturated heterocycles. The second-order valence-electron chi connectivity index (χ2n) is 4.90. The molecule has 0 radical (unpaired) electrons. The lowest BCUT2D eigenvalue weighted by atomic mass is 9.63. The fourth-order valence-electron chi connectivity index (χ4n) is 2.55. The van der Waals surface area contributed by atoms with Crippen LogP contribution in [0.1, 0.15) is 40.5 Å². The summed E-state index contributed by atoms with van der Waals surface area (Å²) >= 11 is 0. The molecular formula is C13H22. The zero-order valence-electron chi connectivity index (χ0n) is 9.43. The minimum absolute atomic E-state index is 0.369. The molecular weight excluding hydrogens is 156 g/mol. The van der Waals surface area contributed by atoms with E-state index in [9.17, 15) is 0 Å². The molecule has 0 spiro atoms. The molecule has 0 aliphatic heterocycles. The molecule has 1 rings (SSSR count). The fraction of sp³-hybridized carbons (Fsp3) is 0.692. The van der Waals surface area contributed by atoms with Gasteiger partial charge in [0.25, 0.3) is 0 Å². The summed E-state index contributed by atoms with van der Waals surface area (Å²) in [4.78, 5) is 0. The van der Waals surface area contributed by atoms with Crippen molar-refractivity contribution in [1.82, 2.24) is 0 Å². The van der Waals surface area contributed by atoms with Crippen molar-refractivity contribution in [2.24, 2.45) is 17.3 Å². The minimum Gasteiger partial charge on any atom is -0.0996 e. The summed E-state index contributed by atoms with van der Waals surface area (Å²) in [5.74, 6) is 1.42. The van der Waals surface area contributed by atoms with Gasteiger partial charge in [0.15, 0.2) is 0 Å². The minimum atomic E-state index is 0.369. The van der Waals surface area contributed by atoms with Crippen molar-refractivity contribution in [2.75, 3.05) is 0 Å². The van der Waals surface area contributed by atoms with E-state index in [1.54, 1.807) is 0 Å². The van der Waals surface area contributed by atoms with Crippen LogP contribution in [0.4, 0.5) is 0 Å². The van der Waals surface area contributed by atoms with Crippen LogP contribution in [-0.4, -0.2) is 0 Å². The van der Waals surface area contributed by atoms with E-state index in [4.69, 9.17) is 0 Å². The van der Waals surface area contributed by atoms with Crippen LogP contribution >= 0.6 is 0 Å². The summed E-state index contributed by atoms with van der Waals surface area (Å²) < 4.78 is 0. The van der Waals surface area contributed by atoms with E-state index in [0.29, 0.717) is 17.3 Å². The molecule has 0 N–H and O–H groups in total. The van der Waals surface area contributed by atoms with E-state index in [1.165, 1.54) is 18.4 Å². The molecule has 0 heterocycles. The maximum Gasteiger partial charge on any atom is -0.00306 e. The molecule has 0 aromatic rings. The maximum atomic E-state index is 4.17. The Morgan fingerprint density at radius 1 is 1.54 bits per heavy atom. The SMILES string of the molecule is C=C(C)C1(C(C)C)CC=CC(C)C1. The Hall–Kier alpha value is -0.520. The monoisotopic (exact) mass is 178 g/mol. The normalized spacial score (nSPS) is 33.8. The molecule has 1 aliphatic rings. The van der Waals surface area contributed by atoms with Gasteiger partial charge in [-0.15, -0.1) is 0 Å². The van der Waals surface area contributed by atoms with E-state index >= 15 is 0 Å². The summed E-state index contributed by atoms with van der Waals surface area (Å²) in [6, 6.07) is 0. The molecule has 0 heteroatoms. The Morgan fingerprint density at radius 2 is 2.15 bits per heavy atom. The average Bonchev–Trinajstić information content (AvgIpc) is 2.03. The first-order valence-corrected chi connectivity index (χ1v) is 5.31. The van der Waals surface area contributed by atoms with Gasteiger partial charge in [-0.05, 0) is 37.0 Å². The highest BCUT2D eigenvalue weighted by Crippen LogP contribution is 2.46. The molecule has 0 amide bonds. The molecule has 0 aromatic heterocycles. The van der Waals surface area contributed by atoms with Crippen LogP contribution in [0.15, 0.2) is 24.3 Å². The lowest BCUT2D eigenvalue weighted by Crippen LogP contribution is -2.31. The Morgan fingerprint density at radius 3 is 2.46 bits per heavy atom. The van der Waals surface area contributed by atoms with Crippen molar-refractivity contribution < 1.29 is 0 Å². The number of allylic oxidation sites excluding steroid dienone is 3. The standard InChI is InChI=1S/C13H22/c1-10(2)13(11(3)4)8-6-7-12(5)9-13/h6-7,11-12H,1,8-9H2,2-5H3. The first kappa shape index (κ1) is 10.6. The van der Waals surface area contributed by atoms with Crippen LogP contribution in [0.25, 0.3) is 0 Å². The van der Waals surface area contributed by atoms with Gasteiger partial charge in [0.1, 0.15) is 0 Å². The second-order valence-corrected chi connectivity index (χ2v) is 4.90. The molecule has 1 aliphatic carbocycles. The number of hydrogen-bond acceptors (Lipinski definition) is 0. The number of hydrogen-bond donors (Lipinski definition) is 0. The predicted octanol–water partition coefficient (Wildman–Crippen LogP) is 4.19. The lowest BCUT2D eigenvalue weighted by Gasteiger charge is -2.41. The van der Waals surface area contributed by atoms with Gasteiger partial charge in [0.2, 0.25) is 0 Å². The second kappa shape index (κ2) is 3.69. The molecule has 2 unspecified atom stereocenters. The Bertz CT molecular complexity index is 222. The highest BCUT2D eigenvalue weighted by Gasteiger charge is 2.36. The average molecular weight is 178 g/mol. The third kappa shape index (κ3) is 1.87. The maximum absolute atomic E-state index is 4.17. The lowest BCUT2D eigenvalue weighted by molar-refractivity contribution is 0.197. The van der Waals surface area contributed by atoms with E-state index in [1.807, 2.05) is 0 Å². The summed E-state index contributed by atoms with van der Waals surface area (Å²) in [5, 5.41) is 0. The Kier molecular flexibility index (Phi) is 3.00. The Balaban J connectivity index is 2.93. The molecule has 0 saturated carbocycles. The first-order chi connectivity index (χ1) is 5.99.